The molecule has 0 amide bonds. The maximum Gasteiger partial charge on any atom is 0.123 e. The van der Waals surface area contributed by atoms with Crippen molar-refractivity contribution in [2.75, 3.05) is 0 Å². The van der Waals surface area contributed by atoms with Crippen molar-refractivity contribution in [1.82, 2.24) is 0 Å². The molecule has 1 aromatic rings. The van der Waals surface area contributed by atoms with Crippen LogP contribution >= 0.6 is 23.2 Å². The van der Waals surface area contributed by atoms with Gasteiger partial charge in [0.15, 0.2) is 0 Å². The van der Waals surface area contributed by atoms with Crippen LogP contribution in [0.4, 0.5) is 0 Å². The summed E-state index contributed by atoms with van der Waals surface area (Å²) in [5.74, 6) is 0.753. The number of hydrogen-bond donors (Lipinski definition) is 1. The van der Waals surface area contributed by atoms with Gasteiger partial charge in [-0.15, -0.1) is 5.10 Å². The lowest BCUT2D eigenvalue weighted by molar-refractivity contribution is 0.783. The van der Waals surface area contributed by atoms with E-state index in [1.807, 2.05) is 6.92 Å². The molecule has 84 valence electrons. The summed E-state index contributed by atoms with van der Waals surface area (Å²) in [4.78, 5) is 0. The molecule has 0 bridgehead atoms. The number of benzene rings is 1. The lowest BCUT2D eigenvalue weighted by atomic mass is 9.94. The van der Waals surface area contributed by atoms with Gasteiger partial charge in [-0.05, 0) is 18.2 Å². The van der Waals surface area contributed by atoms with Gasteiger partial charge in [-0.3, -0.25) is 0 Å². The van der Waals surface area contributed by atoms with Crippen LogP contribution in [0.5, 0.6) is 0 Å². The Hall–Kier alpha value is -1.06. The Kier molecular flexibility index (Phi) is 3.17. The summed E-state index contributed by atoms with van der Waals surface area (Å²) < 4.78 is 0. The van der Waals surface area contributed by atoms with Crippen LogP contribution in [-0.2, 0) is 0 Å². The van der Waals surface area contributed by atoms with E-state index in [4.69, 9.17) is 28.9 Å². The summed E-state index contributed by atoms with van der Waals surface area (Å²) in [5.41, 5.74) is 7.28. The molecule has 3 nitrogen and oxygen atoms in total. The van der Waals surface area contributed by atoms with Gasteiger partial charge < -0.3 is 5.73 Å². The van der Waals surface area contributed by atoms with Crippen molar-refractivity contribution < 1.29 is 0 Å². The standard InChI is InChI=1S/C11H11Cl2N3/c1-6-4-10(14)15-16-11(6)8-5-7(12)2-3-9(8)13/h2-3,5-6H,4H2,1H3,(H2,14,15). The number of hydrogen-bond acceptors (Lipinski definition) is 3. The summed E-state index contributed by atoms with van der Waals surface area (Å²) in [5, 5.41) is 9.26. The van der Waals surface area contributed by atoms with Gasteiger partial charge >= 0.3 is 0 Å². The zero-order valence-electron chi connectivity index (χ0n) is 8.74. The van der Waals surface area contributed by atoms with E-state index in [0.717, 1.165) is 11.3 Å². The summed E-state index contributed by atoms with van der Waals surface area (Å²) >= 11 is 12.1. The molecular formula is C11H11Cl2N3. The second-order valence-electron chi connectivity index (χ2n) is 3.81. The van der Waals surface area contributed by atoms with Crippen LogP contribution < -0.4 is 5.73 Å². The predicted molar refractivity (Wildman–Crippen MR) is 68.4 cm³/mol. The van der Waals surface area contributed by atoms with E-state index in [9.17, 15) is 0 Å². The van der Waals surface area contributed by atoms with Crippen molar-refractivity contribution in [2.24, 2.45) is 21.9 Å². The largest absolute Gasteiger partial charge is 0.386 e. The minimum Gasteiger partial charge on any atom is -0.386 e. The molecular weight excluding hydrogens is 245 g/mol. The third-order valence-corrected chi connectivity index (χ3v) is 3.04. The highest BCUT2D eigenvalue weighted by molar-refractivity contribution is 6.36. The third-order valence-electron chi connectivity index (χ3n) is 2.47. The normalized spacial score (nSPS) is 20.3. The van der Waals surface area contributed by atoms with Crippen LogP contribution in [-0.4, -0.2) is 11.5 Å². The maximum absolute atomic E-state index is 6.11. The quantitative estimate of drug-likeness (QED) is 0.824. The van der Waals surface area contributed by atoms with Gasteiger partial charge in [-0.2, -0.15) is 5.10 Å². The first-order valence-electron chi connectivity index (χ1n) is 4.93. The minimum atomic E-state index is 0.202. The summed E-state index contributed by atoms with van der Waals surface area (Å²) in [6.07, 6.45) is 0.696. The van der Waals surface area contributed by atoms with Crippen LogP contribution in [0.25, 0.3) is 0 Å². The Labute approximate surface area is 104 Å². The van der Waals surface area contributed by atoms with Gasteiger partial charge in [-0.25, -0.2) is 0 Å². The molecule has 1 aliphatic heterocycles. The fraction of sp³-hybridized carbons (Fsp3) is 0.273. The highest BCUT2D eigenvalue weighted by atomic mass is 35.5. The van der Waals surface area contributed by atoms with Gasteiger partial charge in [0.05, 0.1) is 5.71 Å². The molecule has 1 unspecified atom stereocenters. The molecule has 0 radical (unpaired) electrons. The molecule has 0 spiro atoms. The van der Waals surface area contributed by atoms with Crippen molar-refractivity contribution in [3.8, 4) is 0 Å². The van der Waals surface area contributed by atoms with Gasteiger partial charge in [0, 0.05) is 27.9 Å². The number of nitrogens with two attached hydrogens (primary N) is 1. The molecule has 1 atom stereocenters. The summed E-state index contributed by atoms with van der Waals surface area (Å²) in [6.45, 7) is 2.04. The third kappa shape index (κ3) is 2.20. The number of halogens is 2. The van der Waals surface area contributed by atoms with Gasteiger partial charge in [0.25, 0.3) is 0 Å². The number of amidine groups is 1. The lowest BCUT2D eigenvalue weighted by Crippen LogP contribution is -2.25. The van der Waals surface area contributed by atoms with Crippen LogP contribution in [0.2, 0.25) is 10.0 Å². The zero-order valence-corrected chi connectivity index (χ0v) is 10.3. The van der Waals surface area contributed by atoms with Crippen molar-refractivity contribution in [1.29, 1.82) is 0 Å². The first kappa shape index (κ1) is 11.4. The van der Waals surface area contributed by atoms with E-state index in [1.54, 1.807) is 18.2 Å². The molecule has 0 saturated heterocycles. The fourth-order valence-electron chi connectivity index (χ4n) is 1.68. The lowest BCUT2D eigenvalue weighted by Gasteiger charge is -2.18. The summed E-state index contributed by atoms with van der Waals surface area (Å²) in [6, 6.07) is 5.31. The molecule has 1 aromatic carbocycles. The van der Waals surface area contributed by atoms with Crippen LogP contribution in [0.3, 0.4) is 0 Å². The number of rotatable bonds is 1. The van der Waals surface area contributed by atoms with Crippen molar-refractivity contribution in [2.45, 2.75) is 13.3 Å². The Bertz CT molecular complexity index is 480. The average molecular weight is 256 g/mol. The van der Waals surface area contributed by atoms with Crippen LogP contribution in [0.1, 0.15) is 18.9 Å². The van der Waals surface area contributed by atoms with Crippen molar-refractivity contribution in [3.05, 3.63) is 33.8 Å². The molecule has 0 saturated carbocycles. The van der Waals surface area contributed by atoms with E-state index in [1.165, 1.54) is 0 Å². The van der Waals surface area contributed by atoms with E-state index in [-0.39, 0.29) is 5.92 Å². The molecule has 0 aliphatic carbocycles. The number of nitrogens with zero attached hydrogens (tertiary/aromatic N) is 2. The smallest absolute Gasteiger partial charge is 0.123 e. The molecule has 1 heterocycles. The topological polar surface area (TPSA) is 50.7 Å². The SMILES string of the molecule is CC1CC(N)=NN=C1c1cc(Cl)ccc1Cl. The minimum absolute atomic E-state index is 0.202. The molecule has 0 fully saturated rings. The van der Waals surface area contributed by atoms with Crippen LogP contribution in [0.15, 0.2) is 28.4 Å². The first-order chi connectivity index (χ1) is 7.58. The Morgan fingerprint density at radius 1 is 1.31 bits per heavy atom. The van der Waals surface area contributed by atoms with E-state index in [0.29, 0.717) is 22.3 Å². The maximum atomic E-state index is 6.11. The second-order valence-corrected chi connectivity index (χ2v) is 4.65. The Balaban J connectivity index is 2.48. The Morgan fingerprint density at radius 3 is 2.75 bits per heavy atom. The van der Waals surface area contributed by atoms with Gasteiger partial charge in [0.1, 0.15) is 5.84 Å². The molecule has 16 heavy (non-hydrogen) atoms. The average Bonchev–Trinajstić information content (AvgIpc) is 2.22. The molecule has 0 aromatic heterocycles. The molecule has 1 aliphatic rings. The predicted octanol–water partition coefficient (Wildman–Crippen LogP) is 3.09. The second kappa shape index (κ2) is 4.44. The fourth-order valence-corrected chi connectivity index (χ4v) is 2.07. The van der Waals surface area contributed by atoms with Crippen LogP contribution in [0, 0.1) is 5.92 Å². The van der Waals surface area contributed by atoms with Crippen molar-refractivity contribution in [3.63, 3.8) is 0 Å². The highest BCUT2D eigenvalue weighted by Gasteiger charge is 2.20. The highest BCUT2D eigenvalue weighted by Crippen LogP contribution is 2.26. The van der Waals surface area contributed by atoms with Gasteiger partial charge in [0.2, 0.25) is 0 Å². The van der Waals surface area contributed by atoms with Gasteiger partial charge in [-0.1, -0.05) is 30.1 Å². The molecule has 5 heteroatoms. The first-order valence-corrected chi connectivity index (χ1v) is 5.69. The van der Waals surface area contributed by atoms with Crippen molar-refractivity contribution >= 4 is 34.7 Å². The Morgan fingerprint density at radius 2 is 2.06 bits per heavy atom. The van der Waals surface area contributed by atoms with E-state index >= 15 is 0 Å². The molecule has 2 rings (SSSR count). The monoisotopic (exact) mass is 255 g/mol. The van der Waals surface area contributed by atoms with E-state index in [2.05, 4.69) is 10.2 Å². The molecule has 2 N–H and O–H groups in total. The van der Waals surface area contributed by atoms with E-state index < -0.39 is 0 Å². The summed E-state index contributed by atoms with van der Waals surface area (Å²) in [7, 11) is 0. The zero-order chi connectivity index (χ0) is 11.7.